The van der Waals surface area contributed by atoms with Gasteiger partial charge < -0.3 is 14.7 Å². The van der Waals surface area contributed by atoms with Gasteiger partial charge in [0, 0.05) is 15.5 Å². The van der Waals surface area contributed by atoms with E-state index >= 15 is 0 Å². The molecule has 8 heteroatoms. The highest BCUT2D eigenvalue weighted by atomic mass is 35.5. The second kappa shape index (κ2) is 8.75. The molecular weight excluding hydrogens is 457 g/mol. The van der Waals surface area contributed by atoms with Gasteiger partial charge in [0.05, 0.1) is 30.3 Å². The van der Waals surface area contributed by atoms with Crippen LogP contribution >= 0.6 is 34.5 Å². The molecule has 1 aliphatic heterocycles. The van der Waals surface area contributed by atoms with Gasteiger partial charge >= 0.3 is 0 Å². The molecule has 2 aromatic carbocycles. The first kappa shape index (κ1) is 21.4. The number of likely N-dealkylation sites (tertiary alicyclic amines) is 1. The number of carbonyl (C=O) groups is 2. The highest BCUT2D eigenvalue weighted by molar-refractivity contribution is 7.09. The molecule has 1 N–H and O–H groups in total. The first-order valence-electron chi connectivity index (χ1n) is 9.31. The number of rotatable bonds is 5. The average Bonchev–Trinajstić information content (AvgIpc) is 3.37. The summed E-state index contributed by atoms with van der Waals surface area (Å²) < 4.78 is 5.22. The summed E-state index contributed by atoms with van der Waals surface area (Å²) in [6.45, 7) is 0.234. The lowest BCUT2D eigenvalue weighted by molar-refractivity contribution is -0.140. The van der Waals surface area contributed by atoms with E-state index in [4.69, 9.17) is 27.9 Å². The third-order valence-corrected chi connectivity index (χ3v) is 6.50. The number of ether oxygens (including phenoxy) is 1. The van der Waals surface area contributed by atoms with E-state index in [0.717, 1.165) is 4.88 Å². The Hall–Kier alpha value is -2.80. The zero-order chi connectivity index (χ0) is 22.1. The van der Waals surface area contributed by atoms with Crippen molar-refractivity contribution in [2.75, 3.05) is 7.11 Å². The van der Waals surface area contributed by atoms with Gasteiger partial charge in [-0.15, -0.1) is 11.3 Å². The number of methoxy groups -OCH3 is 1. The predicted molar refractivity (Wildman–Crippen MR) is 122 cm³/mol. The van der Waals surface area contributed by atoms with Gasteiger partial charge in [-0.1, -0.05) is 41.4 Å². The number of thiophene rings is 1. The van der Waals surface area contributed by atoms with Crippen LogP contribution in [0, 0.1) is 0 Å². The Kier molecular flexibility index (Phi) is 6.05. The molecule has 1 aromatic heterocycles. The molecule has 1 amide bonds. The molecule has 1 unspecified atom stereocenters. The molecule has 1 saturated heterocycles. The van der Waals surface area contributed by atoms with Gasteiger partial charge in [0.2, 0.25) is 0 Å². The molecule has 1 atom stereocenters. The van der Waals surface area contributed by atoms with Gasteiger partial charge in [-0.25, -0.2) is 0 Å². The van der Waals surface area contributed by atoms with Crippen LogP contribution in [0.25, 0.3) is 5.76 Å². The summed E-state index contributed by atoms with van der Waals surface area (Å²) in [5.74, 6) is -1.35. The fourth-order valence-corrected chi connectivity index (χ4v) is 4.60. The molecule has 2 heterocycles. The summed E-state index contributed by atoms with van der Waals surface area (Å²) in [7, 11) is 1.49. The number of Topliss-reactive ketones (excluding diaryl/α,β-unsaturated/α-hetero) is 1. The van der Waals surface area contributed by atoms with Crippen LogP contribution in [0.1, 0.15) is 22.0 Å². The Morgan fingerprint density at radius 3 is 2.52 bits per heavy atom. The van der Waals surface area contributed by atoms with Gasteiger partial charge in [-0.05, 0) is 47.3 Å². The first-order valence-corrected chi connectivity index (χ1v) is 10.9. The van der Waals surface area contributed by atoms with Crippen molar-refractivity contribution >= 4 is 52.0 Å². The lowest BCUT2D eigenvalue weighted by Crippen LogP contribution is -2.28. The molecular formula is C23H17Cl2NO4S. The standard InChI is InChI=1S/C23H17Cl2NO4S/c1-30-15-8-9-18(25)17(11-15)21(27)19-20(13-4-6-14(24)7-5-13)26(23(29)22(19)28)12-16-3-2-10-31-16/h2-11,20,27H,12H2,1H3/b21-19+. The van der Waals surface area contributed by atoms with E-state index < -0.39 is 17.7 Å². The highest BCUT2D eigenvalue weighted by Crippen LogP contribution is 2.42. The summed E-state index contributed by atoms with van der Waals surface area (Å²) in [5, 5.41) is 13.8. The fourth-order valence-electron chi connectivity index (χ4n) is 3.56. The summed E-state index contributed by atoms with van der Waals surface area (Å²) in [6, 6.07) is 14.6. The van der Waals surface area contributed by atoms with Crippen LogP contribution in [0.2, 0.25) is 10.0 Å². The SMILES string of the molecule is COc1ccc(Cl)c(/C(O)=C2\C(=O)C(=O)N(Cc3cccs3)C2c2ccc(Cl)cc2)c1. The number of amides is 1. The molecule has 31 heavy (non-hydrogen) atoms. The number of ketones is 1. The Balaban J connectivity index is 1.90. The van der Waals surface area contributed by atoms with Gasteiger partial charge in [0.25, 0.3) is 11.7 Å². The van der Waals surface area contributed by atoms with Crippen molar-refractivity contribution in [3.05, 3.63) is 91.6 Å². The average molecular weight is 474 g/mol. The number of halogens is 2. The molecule has 1 aliphatic rings. The van der Waals surface area contributed by atoms with Crippen LogP contribution in [0.15, 0.2) is 65.6 Å². The molecule has 4 rings (SSSR count). The Bertz CT molecular complexity index is 1170. The van der Waals surface area contributed by atoms with Crippen molar-refractivity contribution in [2.24, 2.45) is 0 Å². The fraction of sp³-hybridized carbons (Fsp3) is 0.130. The van der Waals surface area contributed by atoms with E-state index in [1.54, 1.807) is 36.4 Å². The molecule has 5 nitrogen and oxygen atoms in total. The van der Waals surface area contributed by atoms with Gasteiger partial charge in [0.1, 0.15) is 11.5 Å². The molecule has 158 valence electrons. The van der Waals surface area contributed by atoms with E-state index in [1.165, 1.54) is 29.4 Å². The van der Waals surface area contributed by atoms with Gasteiger partial charge in [0.15, 0.2) is 0 Å². The second-order valence-electron chi connectivity index (χ2n) is 6.90. The number of carbonyl (C=O) groups excluding carboxylic acids is 2. The summed E-state index contributed by atoms with van der Waals surface area (Å²) in [5.41, 5.74) is 0.842. The van der Waals surface area contributed by atoms with E-state index in [0.29, 0.717) is 16.3 Å². The van der Waals surface area contributed by atoms with Crippen LogP contribution in [0.3, 0.4) is 0 Å². The van der Waals surface area contributed by atoms with Crippen LogP contribution in [-0.2, 0) is 16.1 Å². The van der Waals surface area contributed by atoms with Gasteiger partial charge in [-0.3, -0.25) is 9.59 Å². The molecule has 1 fully saturated rings. The minimum atomic E-state index is -0.790. The molecule has 0 saturated carbocycles. The third kappa shape index (κ3) is 4.06. The number of hydrogen-bond donors (Lipinski definition) is 1. The Morgan fingerprint density at radius 1 is 1.13 bits per heavy atom. The van der Waals surface area contributed by atoms with Gasteiger partial charge in [-0.2, -0.15) is 0 Å². The Labute approximate surface area is 193 Å². The van der Waals surface area contributed by atoms with E-state index in [1.807, 2.05) is 17.5 Å². The van der Waals surface area contributed by atoms with Crippen molar-refractivity contribution < 1.29 is 19.4 Å². The van der Waals surface area contributed by atoms with Crippen molar-refractivity contribution in [3.63, 3.8) is 0 Å². The lowest BCUT2D eigenvalue weighted by atomic mass is 9.95. The van der Waals surface area contributed by atoms with Crippen LogP contribution in [0.4, 0.5) is 0 Å². The summed E-state index contributed by atoms with van der Waals surface area (Å²) in [6.07, 6.45) is 0. The number of aliphatic hydroxyl groups is 1. The summed E-state index contributed by atoms with van der Waals surface area (Å²) in [4.78, 5) is 28.4. The Morgan fingerprint density at radius 2 is 1.87 bits per heavy atom. The largest absolute Gasteiger partial charge is 0.507 e. The quantitative estimate of drug-likeness (QED) is 0.293. The topological polar surface area (TPSA) is 66.8 Å². The maximum atomic E-state index is 13.1. The van der Waals surface area contributed by atoms with Crippen molar-refractivity contribution in [2.45, 2.75) is 12.6 Å². The number of hydrogen-bond acceptors (Lipinski definition) is 5. The van der Waals surface area contributed by atoms with Crippen molar-refractivity contribution in [3.8, 4) is 5.75 Å². The molecule has 0 aliphatic carbocycles. The molecule has 0 spiro atoms. The van der Waals surface area contributed by atoms with Crippen LogP contribution in [0.5, 0.6) is 5.75 Å². The highest BCUT2D eigenvalue weighted by Gasteiger charge is 2.46. The normalized spacial score (nSPS) is 17.9. The molecule has 0 bridgehead atoms. The smallest absolute Gasteiger partial charge is 0.295 e. The number of benzene rings is 2. The monoisotopic (exact) mass is 473 g/mol. The molecule has 3 aromatic rings. The zero-order valence-corrected chi connectivity index (χ0v) is 18.7. The number of aliphatic hydroxyl groups excluding tert-OH is 1. The molecule has 0 radical (unpaired) electrons. The lowest BCUT2D eigenvalue weighted by Gasteiger charge is -2.25. The van der Waals surface area contributed by atoms with E-state index in [2.05, 4.69) is 0 Å². The maximum absolute atomic E-state index is 13.1. The number of nitrogens with zero attached hydrogens (tertiary/aromatic N) is 1. The maximum Gasteiger partial charge on any atom is 0.295 e. The minimum absolute atomic E-state index is 0.0287. The van der Waals surface area contributed by atoms with Crippen molar-refractivity contribution in [1.82, 2.24) is 4.90 Å². The predicted octanol–water partition coefficient (Wildman–Crippen LogP) is 5.69. The van der Waals surface area contributed by atoms with E-state index in [-0.39, 0.29) is 28.5 Å². The van der Waals surface area contributed by atoms with Crippen molar-refractivity contribution in [1.29, 1.82) is 0 Å². The summed E-state index contributed by atoms with van der Waals surface area (Å²) >= 11 is 13.8. The second-order valence-corrected chi connectivity index (χ2v) is 8.78. The zero-order valence-electron chi connectivity index (χ0n) is 16.3. The van der Waals surface area contributed by atoms with Crippen LogP contribution in [-0.4, -0.2) is 28.8 Å². The minimum Gasteiger partial charge on any atom is -0.507 e. The van der Waals surface area contributed by atoms with Crippen LogP contribution < -0.4 is 4.74 Å². The van der Waals surface area contributed by atoms with E-state index in [9.17, 15) is 14.7 Å². The third-order valence-electron chi connectivity index (χ3n) is 5.06. The first-order chi connectivity index (χ1) is 14.9.